The summed E-state index contributed by atoms with van der Waals surface area (Å²) in [6.45, 7) is 1.70. The zero-order valence-corrected chi connectivity index (χ0v) is 8.16. The standard InChI is InChI=1S/C10H11FN2O2/c1-5-9(13-10(14)15-5)7-4-6(12)2-3-8(7)11/h2-5,9H,12H2,1H3,(H,13,14). The Morgan fingerprint density at radius 1 is 1.53 bits per heavy atom. The summed E-state index contributed by atoms with van der Waals surface area (Å²) in [4.78, 5) is 10.9. The molecule has 0 aliphatic carbocycles. The molecule has 2 rings (SSSR count). The number of carbonyl (C=O) groups excluding carboxylic acids is 1. The van der Waals surface area contributed by atoms with Crippen LogP contribution in [0.1, 0.15) is 18.5 Å². The Morgan fingerprint density at radius 2 is 2.27 bits per heavy atom. The molecule has 0 spiro atoms. The Balaban J connectivity index is 2.36. The van der Waals surface area contributed by atoms with Crippen LogP contribution in [0.3, 0.4) is 0 Å². The van der Waals surface area contributed by atoms with Gasteiger partial charge in [0.2, 0.25) is 0 Å². The maximum atomic E-state index is 13.5. The molecule has 0 bridgehead atoms. The van der Waals surface area contributed by atoms with E-state index < -0.39 is 24.1 Å². The molecule has 80 valence electrons. The fourth-order valence-electron chi connectivity index (χ4n) is 1.65. The minimum atomic E-state index is -0.533. The highest BCUT2D eigenvalue weighted by molar-refractivity contribution is 5.70. The summed E-state index contributed by atoms with van der Waals surface area (Å²) in [6, 6.07) is 3.79. The van der Waals surface area contributed by atoms with Gasteiger partial charge in [-0.25, -0.2) is 9.18 Å². The number of hydrogen-bond donors (Lipinski definition) is 2. The Bertz CT molecular complexity index is 408. The molecule has 3 N–H and O–H groups in total. The number of ether oxygens (including phenoxy) is 1. The number of nitrogen functional groups attached to an aromatic ring is 1. The number of cyclic esters (lactones) is 1. The molecule has 1 saturated heterocycles. The van der Waals surface area contributed by atoms with E-state index in [1.165, 1.54) is 18.2 Å². The number of amides is 1. The highest BCUT2D eigenvalue weighted by Crippen LogP contribution is 2.27. The van der Waals surface area contributed by atoms with Crippen LogP contribution in [-0.2, 0) is 4.74 Å². The number of benzene rings is 1. The molecule has 1 amide bonds. The molecular weight excluding hydrogens is 199 g/mol. The molecule has 1 fully saturated rings. The van der Waals surface area contributed by atoms with Crippen molar-refractivity contribution in [1.82, 2.24) is 5.32 Å². The van der Waals surface area contributed by atoms with Gasteiger partial charge < -0.3 is 15.8 Å². The number of halogens is 1. The van der Waals surface area contributed by atoms with Gasteiger partial charge in [-0.15, -0.1) is 0 Å². The molecule has 1 aromatic rings. The predicted octanol–water partition coefficient (Wildman–Crippen LogP) is 1.58. The molecule has 0 saturated carbocycles. The Kier molecular flexibility index (Phi) is 2.22. The van der Waals surface area contributed by atoms with Gasteiger partial charge in [-0.05, 0) is 25.1 Å². The summed E-state index contributed by atoms with van der Waals surface area (Å²) in [5.74, 6) is -0.396. The smallest absolute Gasteiger partial charge is 0.408 e. The van der Waals surface area contributed by atoms with Crippen molar-refractivity contribution in [1.29, 1.82) is 0 Å². The van der Waals surface area contributed by atoms with E-state index in [1.54, 1.807) is 6.92 Å². The first-order valence-electron chi connectivity index (χ1n) is 4.60. The number of nitrogens with one attached hydrogen (secondary N) is 1. The summed E-state index contributed by atoms with van der Waals surface area (Å²) in [5, 5.41) is 2.53. The maximum Gasteiger partial charge on any atom is 0.408 e. The second-order valence-corrected chi connectivity index (χ2v) is 3.51. The third kappa shape index (κ3) is 1.72. The summed E-state index contributed by atoms with van der Waals surface area (Å²) < 4.78 is 18.3. The summed E-state index contributed by atoms with van der Waals surface area (Å²) in [6.07, 6.45) is -0.928. The highest BCUT2D eigenvalue weighted by Gasteiger charge is 2.33. The minimum absolute atomic E-state index is 0.355. The Labute approximate surface area is 86.2 Å². The van der Waals surface area contributed by atoms with Gasteiger partial charge in [0, 0.05) is 11.3 Å². The van der Waals surface area contributed by atoms with Crippen molar-refractivity contribution in [2.75, 3.05) is 5.73 Å². The zero-order chi connectivity index (χ0) is 11.0. The van der Waals surface area contributed by atoms with Crippen LogP contribution < -0.4 is 11.1 Å². The number of nitrogens with two attached hydrogens (primary N) is 1. The van der Waals surface area contributed by atoms with Crippen molar-refractivity contribution < 1.29 is 13.9 Å². The monoisotopic (exact) mass is 210 g/mol. The Morgan fingerprint density at radius 3 is 2.87 bits per heavy atom. The van der Waals surface area contributed by atoms with Gasteiger partial charge in [0.25, 0.3) is 0 Å². The van der Waals surface area contributed by atoms with Crippen molar-refractivity contribution in [3.63, 3.8) is 0 Å². The predicted molar refractivity (Wildman–Crippen MR) is 52.6 cm³/mol. The molecule has 1 heterocycles. The quantitative estimate of drug-likeness (QED) is 0.691. The number of hydrogen-bond acceptors (Lipinski definition) is 3. The molecule has 0 aromatic heterocycles. The molecule has 15 heavy (non-hydrogen) atoms. The SMILES string of the molecule is CC1OC(=O)NC1c1cc(N)ccc1F. The second-order valence-electron chi connectivity index (χ2n) is 3.51. The van der Waals surface area contributed by atoms with Crippen LogP contribution in [0.25, 0.3) is 0 Å². The average Bonchev–Trinajstić information content (AvgIpc) is 2.50. The van der Waals surface area contributed by atoms with Crippen LogP contribution in [-0.4, -0.2) is 12.2 Å². The van der Waals surface area contributed by atoms with Crippen molar-refractivity contribution >= 4 is 11.8 Å². The lowest BCUT2D eigenvalue weighted by Crippen LogP contribution is -2.22. The molecule has 0 radical (unpaired) electrons. The summed E-state index contributed by atoms with van der Waals surface area (Å²) >= 11 is 0. The van der Waals surface area contributed by atoms with Gasteiger partial charge in [0.15, 0.2) is 0 Å². The van der Waals surface area contributed by atoms with Crippen LogP contribution in [0.15, 0.2) is 18.2 Å². The van der Waals surface area contributed by atoms with Crippen LogP contribution in [0.5, 0.6) is 0 Å². The number of rotatable bonds is 1. The van der Waals surface area contributed by atoms with Gasteiger partial charge in [0.1, 0.15) is 11.9 Å². The van der Waals surface area contributed by atoms with Gasteiger partial charge in [-0.3, -0.25) is 0 Å². The molecule has 1 aliphatic rings. The van der Waals surface area contributed by atoms with Crippen molar-refractivity contribution in [3.8, 4) is 0 Å². The lowest BCUT2D eigenvalue weighted by atomic mass is 10.0. The van der Waals surface area contributed by atoms with E-state index >= 15 is 0 Å². The second kappa shape index (κ2) is 3.42. The third-order valence-corrected chi connectivity index (χ3v) is 2.39. The van der Waals surface area contributed by atoms with E-state index in [1.807, 2.05) is 0 Å². The largest absolute Gasteiger partial charge is 0.444 e. The number of alkyl carbamates (subject to hydrolysis) is 1. The summed E-state index contributed by atoms with van der Waals surface area (Å²) in [7, 11) is 0. The van der Waals surface area contributed by atoms with Crippen LogP contribution in [0, 0.1) is 5.82 Å². The van der Waals surface area contributed by atoms with Crippen molar-refractivity contribution in [2.24, 2.45) is 0 Å². The molecule has 1 aromatic carbocycles. The van der Waals surface area contributed by atoms with Crippen LogP contribution >= 0.6 is 0 Å². The molecule has 5 heteroatoms. The van der Waals surface area contributed by atoms with E-state index in [0.29, 0.717) is 11.3 Å². The van der Waals surface area contributed by atoms with Gasteiger partial charge in [0.05, 0.1) is 6.04 Å². The maximum absolute atomic E-state index is 13.5. The van der Waals surface area contributed by atoms with Crippen LogP contribution in [0.2, 0.25) is 0 Å². The first kappa shape index (κ1) is 9.76. The average molecular weight is 210 g/mol. The van der Waals surface area contributed by atoms with Gasteiger partial charge in [-0.2, -0.15) is 0 Å². The number of carbonyl (C=O) groups is 1. The highest BCUT2D eigenvalue weighted by atomic mass is 19.1. The number of anilines is 1. The van der Waals surface area contributed by atoms with Crippen LogP contribution in [0.4, 0.5) is 14.9 Å². The normalized spacial score (nSPS) is 24.8. The van der Waals surface area contributed by atoms with Gasteiger partial charge in [-0.1, -0.05) is 0 Å². The lowest BCUT2D eigenvalue weighted by Gasteiger charge is -2.14. The zero-order valence-electron chi connectivity index (χ0n) is 8.16. The summed E-state index contributed by atoms with van der Waals surface area (Å²) in [5.41, 5.74) is 6.37. The molecular formula is C10H11FN2O2. The van der Waals surface area contributed by atoms with E-state index in [2.05, 4.69) is 5.32 Å². The van der Waals surface area contributed by atoms with Crippen molar-refractivity contribution in [2.45, 2.75) is 19.1 Å². The Hall–Kier alpha value is -1.78. The molecule has 2 atom stereocenters. The first-order valence-corrected chi connectivity index (χ1v) is 4.60. The first-order chi connectivity index (χ1) is 7.08. The van der Waals surface area contributed by atoms with E-state index in [9.17, 15) is 9.18 Å². The van der Waals surface area contributed by atoms with E-state index in [0.717, 1.165) is 0 Å². The van der Waals surface area contributed by atoms with Crippen molar-refractivity contribution in [3.05, 3.63) is 29.6 Å². The van der Waals surface area contributed by atoms with E-state index in [4.69, 9.17) is 10.5 Å². The van der Waals surface area contributed by atoms with E-state index in [-0.39, 0.29) is 0 Å². The third-order valence-electron chi connectivity index (χ3n) is 2.39. The molecule has 1 aliphatic heterocycles. The topological polar surface area (TPSA) is 64.3 Å². The fourth-order valence-corrected chi connectivity index (χ4v) is 1.65. The minimum Gasteiger partial charge on any atom is -0.444 e. The molecule has 4 nitrogen and oxygen atoms in total. The lowest BCUT2D eigenvalue weighted by molar-refractivity contribution is 0.141. The van der Waals surface area contributed by atoms with Gasteiger partial charge >= 0.3 is 6.09 Å². The fraction of sp³-hybridized carbons (Fsp3) is 0.300. The molecule has 2 unspecified atom stereocenters.